The molecule has 0 aliphatic carbocycles. The first-order valence-electron chi connectivity index (χ1n) is 7.38. The molecule has 0 aliphatic rings. The summed E-state index contributed by atoms with van der Waals surface area (Å²) in [5.41, 5.74) is 0.314. The van der Waals surface area contributed by atoms with Gasteiger partial charge in [0, 0.05) is 6.42 Å². The van der Waals surface area contributed by atoms with Crippen LogP contribution in [0.4, 0.5) is 0 Å². The van der Waals surface area contributed by atoms with Crippen LogP contribution in [0.2, 0.25) is 0 Å². The van der Waals surface area contributed by atoms with E-state index in [1.807, 2.05) is 0 Å². The van der Waals surface area contributed by atoms with Gasteiger partial charge in [-0.1, -0.05) is 12.1 Å². The standard InChI is InChI=1S/C16H21NO7/c1-3-24-13(19)9-8-12(18)17-14(16(21)22)15(20)10-4-6-11(23-2)7-5-10/h4-7,14-15,20H,3,8-9H2,1-2H3,(H,17,18)(H,21,22). The van der Waals surface area contributed by atoms with Gasteiger partial charge in [-0.2, -0.15) is 0 Å². The minimum atomic E-state index is -1.53. The molecule has 132 valence electrons. The Kier molecular flexibility index (Phi) is 7.70. The number of hydrogen-bond acceptors (Lipinski definition) is 6. The molecular weight excluding hydrogens is 318 g/mol. The van der Waals surface area contributed by atoms with Crippen molar-refractivity contribution in [1.29, 1.82) is 0 Å². The number of carbonyl (C=O) groups is 3. The third-order valence-electron chi connectivity index (χ3n) is 3.22. The fourth-order valence-corrected chi connectivity index (χ4v) is 1.96. The topological polar surface area (TPSA) is 122 Å². The van der Waals surface area contributed by atoms with Crippen molar-refractivity contribution in [3.8, 4) is 5.75 Å². The average molecular weight is 339 g/mol. The van der Waals surface area contributed by atoms with Gasteiger partial charge in [-0.25, -0.2) is 4.79 Å². The number of amides is 1. The monoisotopic (exact) mass is 339 g/mol. The SMILES string of the molecule is CCOC(=O)CCC(=O)NC(C(=O)O)C(O)c1ccc(OC)cc1. The number of carboxylic acids is 1. The molecule has 0 saturated heterocycles. The van der Waals surface area contributed by atoms with Crippen molar-refractivity contribution >= 4 is 17.8 Å². The molecule has 2 atom stereocenters. The molecule has 0 aliphatic heterocycles. The fourth-order valence-electron chi connectivity index (χ4n) is 1.96. The van der Waals surface area contributed by atoms with Crippen molar-refractivity contribution in [2.24, 2.45) is 0 Å². The number of aliphatic hydroxyl groups is 1. The lowest BCUT2D eigenvalue weighted by Gasteiger charge is -2.21. The van der Waals surface area contributed by atoms with E-state index in [1.54, 1.807) is 19.1 Å². The minimum absolute atomic E-state index is 0.162. The van der Waals surface area contributed by atoms with E-state index in [-0.39, 0.29) is 19.4 Å². The van der Waals surface area contributed by atoms with Crippen molar-refractivity contribution in [2.45, 2.75) is 31.9 Å². The highest BCUT2D eigenvalue weighted by Crippen LogP contribution is 2.20. The van der Waals surface area contributed by atoms with Crippen molar-refractivity contribution in [1.82, 2.24) is 5.32 Å². The van der Waals surface area contributed by atoms with Gasteiger partial charge in [0.05, 0.1) is 20.1 Å². The summed E-state index contributed by atoms with van der Waals surface area (Å²) < 4.78 is 9.67. The number of aliphatic carboxylic acids is 1. The van der Waals surface area contributed by atoms with Crippen LogP contribution < -0.4 is 10.1 Å². The second-order valence-electron chi connectivity index (χ2n) is 4.91. The molecule has 8 nitrogen and oxygen atoms in total. The first-order valence-corrected chi connectivity index (χ1v) is 7.38. The van der Waals surface area contributed by atoms with E-state index in [0.29, 0.717) is 11.3 Å². The summed E-state index contributed by atoms with van der Waals surface area (Å²) in [5, 5.41) is 21.6. The molecule has 8 heteroatoms. The number of rotatable bonds is 9. The molecule has 0 saturated carbocycles. The summed E-state index contributed by atoms with van der Waals surface area (Å²) in [6.07, 6.45) is -1.83. The van der Waals surface area contributed by atoms with Gasteiger partial charge >= 0.3 is 11.9 Å². The Morgan fingerprint density at radius 2 is 1.79 bits per heavy atom. The molecule has 0 aromatic heterocycles. The van der Waals surface area contributed by atoms with Crippen LogP contribution in [-0.4, -0.2) is 47.8 Å². The fraction of sp³-hybridized carbons (Fsp3) is 0.438. The van der Waals surface area contributed by atoms with Gasteiger partial charge in [0.15, 0.2) is 6.04 Å². The van der Waals surface area contributed by atoms with Gasteiger partial charge in [0.25, 0.3) is 0 Å². The third-order valence-corrected chi connectivity index (χ3v) is 3.22. The third kappa shape index (κ3) is 5.88. The molecule has 24 heavy (non-hydrogen) atoms. The van der Waals surface area contributed by atoms with Crippen LogP contribution >= 0.6 is 0 Å². The number of nitrogens with one attached hydrogen (secondary N) is 1. The zero-order valence-corrected chi connectivity index (χ0v) is 13.5. The average Bonchev–Trinajstić information content (AvgIpc) is 2.57. The second-order valence-corrected chi connectivity index (χ2v) is 4.91. The molecule has 0 bridgehead atoms. The summed E-state index contributed by atoms with van der Waals surface area (Å²) in [6, 6.07) is 4.61. The minimum Gasteiger partial charge on any atom is -0.497 e. The van der Waals surface area contributed by atoms with Crippen LogP contribution in [0.1, 0.15) is 31.4 Å². The van der Waals surface area contributed by atoms with E-state index in [2.05, 4.69) is 10.1 Å². The lowest BCUT2D eigenvalue weighted by atomic mass is 10.0. The Labute approximate surface area is 139 Å². The molecule has 0 spiro atoms. The number of hydrogen-bond donors (Lipinski definition) is 3. The molecule has 1 rings (SSSR count). The van der Waals surface area contributed by atoms with E-state index in [9.17, 15) is 24.6 Å². The van der Waals surface area contributed by atoms with Crippen molar-refractivity contribution in [3.05, 3.63) is 29.8 Å². The maximum Gasteiger partial charge on any atom is 0.329 e. The summed E-state index contributed by atoms with van der Waals surface area (Å²) >= 11 is 0. The molecule has 2 unspecified atom stereocenters. The van der Waals surface area contributed by atoms with Crippen LogP contribution in [0, 0.1) is 0 Å². The number of carboxylic acid groups (broad SMARTS) is 1. The number of benzene rings is 1. The summed E-state index contributed by atoms with van der Waals surface area (Å²) in [6.45, 7) is 1.85. The van der Waals surface area contributed by atoms with Crippen molar-refractivity contribution in [3.63, 3.8) is 0 Å². The normalized spacial score (nSPS) is 12.8. The van der Waals surface area contributed by atoms with E-state index >= 15 is 0 Å². The first kappa shape index (κ1) is 19.4. The molecule has 1 amide bonds. The van der Waals surface area contributed by atoms with Crippen LogP contribution in [0.15, 0.2) is 24.3 Å². The van der Waals surface area contributed by atoms with Gasteiger partial charge < -0.3 is 25.0 Å². The van der Waals surface area contributed by atoms with Crippen LogP contribution in [-0.2, 0) is 19.1 Å². The Morgan fingerprint density at radius 1 is 1.17 bits per heavy atom. The Morgan fingerprint density at radius 3 is 2.29 bits per heavy atom. The zero-order valence-electron chi connectivity index (χ0n) is 13.5. The van der Waals surface area contributed by atoms with Gasteiger partial charge in [-0.3, -0.25) is 9.59 Å². The van der Waals surface area contributed by atoms with E-state index < -0.39 is 30.0 Å². The molecule has 1 aromatic carbocycles. The molecule has 0 heterocycles. The smallest absolute Gasteiger partial charge is 0.329 e. The second kappa shape index (κ2) is 9.51. The van der Waals surface area contributed by atoms with Crippen molar-refractivity contribution in [2.75, 3.05) is 13.7 Å². The Hall–Kier alpha value is -2.61. The quantitative estimate of drug-likeness (QED) is 0.564. The molecule has 1 aromatic rings. The highest BCUT2D eigenvalue weighted by Gasteiger charge is 2.29. The van der Waals surface area contributed by atoms with Gasteiger partial charge in [-0.15, -0.1) is 0 Å². The van der Waals surface area contributed by atoms with Crippen LogP contribution in [0.25, 0.3) is 0 Å². The van der Waals surface area contributed by atoms with Crippen molar-refractivity contribution < 1.29 is 34.1 Å². The molecular formula is C16H21NO7. The predicted molar refractivity (Wildman–Crippen MR) is 83.4 cm³/mol. The maximum atomic E-state index is 11.8. The lowest BCUT2D eigenvalue weighted by molar-refractivity contribution is -0.146. The first-order chi connectivity index (χ1) is 11.4. The number of carbonyl (C=O) groups excluding carboxylic acids is 2. The number of methoxy groups -OCH3 is 1. The van der Waals surface area contributed by atoms with Gasteiger partial charge in [-0.05, 0) is 24.6 Å². The molecule has 0 radical (unpaired) electrons. The predicted octanol–water partition coefficient (Wildman–Crippen LogP) is 0.641. The van der Waals surface area contributed by atoms with E-state index in [0.717, 1.165) is 0 Å². The number of aliphatic hydroxyl groups excluding tert-OH is 1. The summed E-state index contributed by atoms with van der Waals surface area (Å²) in [7, 11) is 1.48. The van der Waals surface area contributed by atoms with Crippen LogP contribution in [0.3, 0.4) is 0 Å². The zero-order chi connectivity index (χ0) is 18.1. The Balaban J connectivity index is 2.69. The van der Waals surface area contributed by atoms with E-state index in [4.69, 9.17) is 4.74 Å². The maximum absolute atomic E-state index is 11.8. The molecule has 0 fully saturated rings. The largest absolute Gasteiger partial charge is 0.497 e. The van der Waals surface area contributed by atoms with Gasteiger partial charge in [0.2, 0.25) is 5.91 Å². The molecule has 3 N–H and O–H groups in total. The highest BCUT2D eigenvalue weighted by molar-refractivity contribution is 5.86. The lowest BCUT2D eigenvalue weighted by Crippen LogP contribution is -2.45. The number of ether oxygens (including phenoxy) is 2. The van der Waals surface area contributed by atoms with E-state index in [1.165, 1.54) is 19.2 Å². The highest BCUT2D eigenvalue weighted by atomic mass is 16.5. The Bertz CT molecular complexity index is 570. The number of esters is 1. The summed E-state index contributed by atoms with van der Waals surface area (Å²) in [5.74, 6) is -2.04. The summed E-state index contributed by atoms with van der Waals surface area (Å²) in [4.78, 5) is 34.3. The van der Waals surface area contributed by atoms with Crippen LogP contribution in [0.5, 0.6) is 5.75 Å². The van der Waals surface area contributed by atoms with Gasteiger partial charge in [0.1, 0.15) is 11.9 Å².